The highest BCUT2D eigenvalue weighted by atomic mass is 35.5. The van der Waals surface area contributed by atoms with E-state index in [2.05, 4.69) is 23.9 Å². The van der Waals surface area contributed by atoms with E-state index in [1.165, 1.54) is 0 Å². The van der Waals surface area contributed by atoms with Crippen LogP contribution in [0.3, 0.4) is 0 Å². The molecule has 0 bridgehead atoms. The lowest BCUT2D eigenvalue weighted by atomic mass is 10.0. The van der Waals surface area contributed by atoms with Gasteiger partial charge in [-0.25, -0.2) is 14.6 Å². The van der Waals surface area contributed by atoms with Crippen LogP contribution in [-0.2, 0) is 9.47 Å². The van der Waals surface area contributed by atoms with E-state index in [9.17, 15) is 9.59 Å². The summed E-state index contributed by atoms with van der Waals surface area (Å²) < 4.78 is 12.9. The molecule has 0 aromatic carbocycles. The third kappa shape index (κ3) is 6.11. The SMILES string of the molecule is CC(C)c1cnn2c(N(C(=O)OC(C)(C)C)C3CCN(C(=O)OC(C)(C)C)CC3)cc(Cl)nc12. The third-order valence-corrected chi connectivity index (χ3v) is 5.58. The van der Waals surface area contributed by atoms with Crippen molar-refractivity contribution in [2.45, 2.75) is 91.4 Å². The molecule has 0 unspecified atom stereocenters. The second-order valence-electron chi connectivity index (χ2n) is 11.0. The summed E-state index contributed by atoms with van der Waals surface area (Å²) in [6, 6.07) is 1.41. The van der Waals surface area contributed by atoms with E-state index in [0.29, 0.717) is 37.4 Å². The van der Waals surface area contributed by atoms with Gasteiger partial charge in [-0.05, 0) is 60.3 Å². The van der Waals surface area contributed by atoms with E-state index in [-0.39, 0.29) is 23.2 Å². The molecule has 1 saturated heterocycles. The van der Waals surface area contributed by atoms with Gasteiger partial charge in [-0.2, -0.15) is 9.61 Å². The maximum Gasteiger partial charge on any atom is 0.416 e. The first-order valence-electron chi connectivity index (χ1n) is 11.7. The molecule has 9 nitrogen and oxygen atoms in total. The second-order valence-corrected chi connectivity index (χ2v) is 11.4. The molecule has 2 amide bonds. The molecule has 0 radical (unpaired) electrons. The molecule has 3 heterocycles. The fourth-order valence-corrected chi connectivity index (χ4v) is 4.07. The Morgan fingerprint density at radius 3 is 2.21 bits per heavy atom. The molecule has 10 heteroatoms. The number of halogens is 1. The van der Waals surface area contributed by atoms with Crippen LogP contribution in [0.25, 0.3) is 5.65 Å². The molecule has 0 spiro atoms. The number of fused-ring (bicyclic) bond motifs is 1. The molecule has 1 aliphatic heterocycles. The zero-order chi connectivity index (χ0) is 25.4. The van der Waals surface area contributed by atoms with E-state index in [1.807, 2.05) is 41.5 Å². The van der Waals surface area contributed by atoms with Crippen molar-refractivity contribution >= 4 is 35.3 Å². The molecule has 0 aliphatic carbocycles. The van der Waals surface area contributed by atoms with Gasteiger partial charge in [0.25, 0.3) is 0 Å². The van der Waals surface area contributed by atoms with Gasteiger partial charge < -0.3 is 14.4 Å². The fourth-order valence-electron chi connectivity index (χ4n) is 3.89. The molecule has 0 atom stereocenters. The zero-order valence-corrected chi connectivity index (χ0v) is 22.1. The lowest BCUT2D eigenvalue weighted by molar-refractivity contribution is 0.0200. The molecule has 34 heavy (non-hydrogen) atoms. The fraction of sp³-hybridized carbons (Fsp3) is 0.667. The second kappa shape index (κ2) is 9.60. The van der Waals surface area contributed by atoms with E-state index in [1.54, 1.807) is 26.6 Å². The average Bonchev–Trinajstić information content (AvgIpc) is 3.10. The summed E-state index contributed by atoms with van der Waals surface area (Å²) in [6.45, 7) is 16.0. The number of hydrogen-bond acceptors (Lipinski definition) is 6. The summed E-state index contributed by atoms with van der Waals surface area (Å²) in [5.74, 6) is 0.676. The van der Waals surface area contributed by atoms with Gasteiger partial charge >= 0.3 is 12.2 Å². The number of carbonyl (C=O) groups excluding carboxylic acids is 2. The van der Waals surface area contributed by atoms with E-state index < -0.39 is 17.3 Å². The number of anilines is 1. The van der Waals surface area contributed by atoms with Crippen LogP contribution in [-0.4, -0.2) is 62.0 Å². The minimum Gasteiger partial charge on any atom is -0.444 e. The highest BCUT2D eigenvalue weighted by Crippen LogP contribution is 2.31. The van der Waals surface area contributed by atoms with Crippen LogP contribution in [0.4, 0.5) is 15.4 Å². The highest BCUT2D eigenvalue weighted by molar-refractivity contribution is 6.29. The summed E-state index contributed by atoms with van der Waals surface area (Å²) in [5, 5.41) is 4.79. The molecule has 0 saturated carbocycles. The predicted octanol–water partition coefficient (Wildman–Crippen LogP) is 5.65. The molecule has 188 valence electrons. The van der Waals surface area contributed by atoms with E-state index in [4.69, 9.17) is 21.1 Å². The standard InChI is InChI=1S/C24H36ClN5O4/c1-15(2)17-14-26-30-19(13-18(25)27-20(17)30)29(22(32)34-24(6,7)8)16-9-11-28(12-10-16)21(31)33-23(3,4)5/h13-16H,9-12H2,1-8H3. The van der Waals surface area contributed by atoms with Crippen molar-refractivity contribution in [3.8, 4) is 0 Å². The molecule has 0 N–H and O–H groups in total. The Kier molecular flexibility index (Phi) is 7.36. The molecular weight excluding hydrogens is 458 g/mol. The van der Waals surface area contributed by atoms with Gasteiger partial charge in [0.05, 0.1) is 6.20 Å². The first kappa shape index (κ1) is 26.1. The maximum atomic E-state index is 13.5. The summed E-state index contributed by atoms with van der Waals surface area (Å²) in [5.41, 5.74) is 0.296. The number of nitrogens with zero attached hydrogens (tertiary/aromatic N) is 5. The predicted molar refractivity (Wildman–Crippen MR) is 132 cm³/mol. The van der Waals surface area contributed by atoms with Gasteiger partial charge in [-0.15, -0.1) is 0 Å². The number of likely N-dealkylation sites (tertiary alicyclic amines) is 1. The Morgan fingerprint density at radius 2 is 1.68 bits per heavy atom. The van der Waals surface area contributed by atoms with Gasteiger partial charge in [0.2, 0.25) is 0 Å². The van der Waals surface area contributed by atoms with Crippen LogP contribution in [0.15, 0.2) is 12.3 Å². The first-order valence-corrected chi connectivity index (χ1v) is 12.1. The van der Waals surface area contributed by atoms with Crippen molar-refractivity contribution in [2.75, 3.05) is 18.0 Å². The smallest absolute Gasteiger partial charge is 0.416 e. The number of aromatic nitrogens is 3. The lowest BCUT2D eigenvalue weighted by Crippen LogP contribution is -2.51. The van der Waals surface area contributed by atoms with Crippen LogP contribution < -0.4 is 4.90 Å². The summed E-state index contributed by atoms with van der Waals surface area (Å²) in [4.78, 5) is 33.7. The van der Waals surface area contributed by atoms with Crippen molar-refractivity contribution in [3.63, 3.8) is 0 Å². The molecule has 2 aromatic rings. The third-order valence-electron chi connectivity index (χ3n) is 5.39. The monoisotopic (exact) mass is 493 g/mol. The van der Waals surface area contributed by atoms with Crippen molar-refractivity contribution in [1.29, 1.82) is 0 Å². The van der Waals surface area contributed by atoms with Crippen LogP contribution in [0, 0.1) is 0 Å². The van der Waals surface area contributed by atoms with E-state index >= 15 is 0 Å². The highest BCUT2D eigenvalue weighted by Gasteiger charge is 2.36. The zero-order valence-electron chi connectivity index (χ0n) is 21.4. The summed E-state index contributed by atoms with van der Waals surface area (Å²) in [7, 11) is 0. The lowest BCUT2D eigenvalue weighted by Gasteiger charge is -2.39. The van der Waals surface area contributed by atoms with Crippen molar-refractivity contribution in [1.82, 2.24) is 19.5 Å². The quantitative estimate of drug-likeness (QED) is 0.513. The molecule has 2 aromatic heterocycles. The molecule has 1 fully saturated rings. The normalized spacial score (nSPS) is 15.6. The van der Waals surface area contributed by atoms with E-state index in [0.717, 1.165) is 5.56 Å². The van der Waals surface area contributed by atoms with Gasteiger partial charge in [0.15, 0.2) is 5.65 Å². The number of ether oxygens (including phenoxy) is 2. The van der Waals surface area contributed by atoms with Crippen molar-refractivity contribution < 1.29 is 19.1 Å². The van der Waals surface area contributed by atoms with Gasteiger partial charge in [-0.1, -0.05) is 25.4 Å². The largest absolute Gasteiger partial charge is 0.444 e. The minimum atomic E-state index is -0.685. The van der Waals surface area contributed by atoms with Crippen LogP contribution in [0.5, 0.6) is 0 Å². The molecular formula is C24H36ClN5O4. The van der Waals surface area contributed by atoms with Crippen molar-refractivity contribution in [2.24, 2.45) is 0 Å². The first-order chi connectivity index (χ1) is 15.7. The van der Waals surface area contributed by atoms with Gasteiger partial charge in [-0.3, -0.25) is 4.90 Å². The Hall–Kier alpha value is -2.55. The minimum absolute atomic E-state index is 0.184. The average molecular weight is 494 g/mol. The van der Waals surface area contributed by atoms with Gasteiger partial charge in [0.1, 0.15) is 22.2 Å². The molecule has 1 aliphatic rings. The molecule has 3 rings (SSSR count). The summed E-state index contributed by atoms with van der Waals surface area (Å²) >= 11 is 6.40. The number of amides is 2. The van der Waals surface area contributed by atoms with Crippen LogP contribution in [0.1, 0.15) is 79.7 Å². The van der Waals surface area contributed by atoms with Crippen molar-refractivity contribution in [3.05, 3.63) is 23.0 Å². The number of carbonyl (C=O) groups is 2. The Balaban J connectivity index is 1.96. The number of rotatable bonds is 3. The number of piperidine rings is 1. The van der Waals surface area contributed by atoms with Crippen LogP contribution >= 0.6 is 11.6 Å². The Morgan fingerprint density at radius 1 is 1.09 bits per heavy atom. The van der Waals surface area contributed by atoms with Gasteiger partial charge in [0, 0.05) is 30.8 Å². The topological polar surface area (TPSA) is 89.3 Å². The maximum absolute atomic E-state index is 13.5. The Bertz CT molecular complexity index is 1050. The Labute approximate surface area is 206 Å². The van der Waals surface area contributed by atoms with Crippen LogP contribution in [0.2, 0.25) is 5.15 Å². The summed E-state index contributed by atoms with van der Waals surface area (Å²) in [6.07, 6.45) is 2.02. The number of hydrogen-bond donors (Lipinski definition) is 0.